The number of fused-ring (bicyclic) bond motifs is 1. The summed E-state index contributed by atoms with van der Waals surface area (Å²) >= 11 is 1.53. The fraction of sp³-hybridized carbons (Fsp3) is 0.500. The van der Waals surface area contributed by atoms with E-state index in [1.54, 1.807) is 4.90 Å². The van der Waals surface area contributed by atoms with Crippen molar-refractivity contribution in [3.8, 4) is 0 Å². The van der Waals surface area contributed by atoms with Gasteiger partial charge in [-0.25, -0.2) is 0 Å². The molecular formula is C16H21NO3S. The van der Waals surface area contributed by atoms with Gasteiger partial charge in [0.1, 0.15) is 0 Å². The molecule has 1 amide bonds. The summed E-state index contributed by atoms with van der Waals surface area (Å²) < 4.78 is 0. The highest BCUT2D eigenvalue weighted by atomic mass is 32.2. The van der Waals surface area contributed by atoms with Crippen LogP contribution in [-0.2, 0) is 22.4 Å². The second kappa shape index (κ2) is 7.50. The zero-order valence-corrected chi connectivity index (χ0v) is 13.1. The second-order valence-corrected chi connectivity index (χ2v) is 6.24. The molecule has 1 aromatic carbocycles. The highest BCUT2D eigenvalue weighted by Crippen LogP contribution is 2.27. The Hall–Kier alpha value is -1.49. The van der Waals surface area contributed by atoms with Gasteiger partial charge in [0, 0.05) is 18.0 Å². The van der Waals surface area contributed by atoms with Crippen molar-refractivity contribution in [1.82, 2.24) is 4.90 Å². The van der Waals surface area contributed by atoms with Crippen LogP contribution in [0.1, 0.15) is 30.9 Å². The van der Waals surface area contributed by atoms with Gasteiger partial charge in [-0.2, -0.15) is 0 Å². The third-order valence-corrected chi connectivity index (χ3v) is 4.74. The minimum Gasteiger partial charge on any atom is -0.481 e. The maximum Gasteiger partial charge on any atom is 0.305 e. The number of aliphatic carboxylic acids is 1. The zero-order chi connectivity index (χ0) is 15.2. The molecule has 0 spiro atoms. The normalized spacial score (nSPS) is 13.0. The molecule has 2 rings (SSSR count). The first kappa shape index (κ1) is 15.9. The van der Waals surface area contributed by atoms with Crippen LogP contribution in [0.5, 0.6) is 0 Å². The van der Waals surface area contributed by atoms with Crippen molar-refractivity contribution in [1.29, 1.82) is 0 Å². The summed E-state index contributed by atoms with van der Waals surface area (Å²) in [6.07, 6.45) is 3.53. The van der Waals surface area contributed by atoms with Crippen molar-refractivity contribution in [2.75, 3.05) is 18.8 Å². The lowest BCUT2D eigenvalue weighted by Crippen LogP contribution is -2.34. The fourth-order valence-corrected chi connectivity index (χ4v) is 3.43. The number of benzene rings is 1. The molecule has 1 aliphatic carbocycles. The van der Waals surface area contributed by atoms with Gasteiger partial charge in [0.05, 0.1) is 12.2 Å². The third kappa shape index (κ3) is 4.49. The molecule has 21 heavy (non-hydrogen) atoms. The van der Waals surface area contributed by atoms with Crippen molar-refractivity contribution >= 4 is 23.6 Å². The largest absolute Gasteiger partial charge is 0.481 e. The van der Waals surface area contributed by atoms with Crippen LogP contribution in [0.25, 0.3) is 0 Å². The number of hydrogen-bond donors (Lipinski definition) is 1. The Morgan fingerprint density at radius 1 is 1.29 bits per heavy atom. The molecule has 0 saturated carbocycles. The predicted molar refractivity (Wildman–Crippen MR) is 83.7 cm³/mol. The van der Waals surface area contributed by atoms with E-state index in [4.69, 9.17) is 5.11 Å². The minimum atomic E-state index is -0.868. The van der Waals surface area contributed by atoms with Crippen molar-refractivity contribution in [2.45, 2.75) is 37.5 Å². The fourth-order valence-electron chi connectivity index (χ4n) is 2.56. The van der Waals surface area contributed by atoms with Gasteiger partial charge in [0.15, 0.2) is 0 Å². The first-order valence-corrected chi connectivity index (χ1v) is 8.33. The van der Waals surface area contributed by atoms with Gasteiger partial charge in [-0.15, -0.1) is 11.8 Å². The summed E-state index contributed by atoms with van der Waals surface area (Å²) in [5.74, 6) is -0.497. The van der Waals surface area contributed by atoms with E-state index in [1.165, 1.54) is 29.3 Å². The van der Waals surface area contributed by atoms with Crippen LogP contribution in [-0.4, -0.2) is 40.7 Å². The average Bonchev–Trinajstić information content (AvgIpc) is 2.92. The molecule has 0 heterocycles. The molecule has 1 aromatic rings. The lowest BCUT2D eigenvalue weighted by molar-refractivity contribution is -0.138. The quantitative estimate of drug-likeness (QED) is 0.787. The highest BCUT2D eigenvalue weighted by Gasteiger charge is 2.15. The molecule has 1 aliphatic rings. The van der Waals surface area contributed by atoms with E-state index in [-0.39, 0.29) is 18.9 Å². The molecule has 0 aromatic heterocycles. The Kier molecular flexibility index (Phi) is 5.67. The van der Waals surface area contributed by atoms with Gasteiger partial charge in [0.25, 0.3) is 0 Å². The topological polar surface area (TPSA) is 57.6 Å². The Balaban J connectivity index is 1.86. The van der Waals surface area contributed by atoms with Crippen LogP contribution >= 0.6 is 11.8 Å². The van der Waals surface area contributed by atoms with E-state index in [9.17, 15) is 9.59 Å². The minimum absolute atomic E-state index is 0.00307. The van der Waals surface area contributed by atoms with Crippen molar-refractivity contribution in [3.05, 3.63) is 29.3 Å². The number of nitrogens with zero attached hydrogens (tertiary/aromatic N) is 1. The van der Waals surface area contributed by atoms with Gasteiger partial charge in [0.2, 0.25) is 5.91 Å². The summed E-state index contributed by atoms with van der Waals surface area (Å²) in [4.78, 5) is 25.4. The van der Waals surface area contributed by atoms with E-state index in [0.717, 1.165) is 17.7 Å². The molecule has 114 valence electrons. The van der Waals surface area contributed by atoms with Gasteiger partial charge in [-0.1, -0.05) is 6.07 Å². The number of rotatable bonds is 7. The van der Waals surface area contributed by atoms with E-state index in [0.29, 0.717) is 12.3 Å². The number of hydrogen-bond acceptors (Lipinski definition) is 3. The first-order valence-electron chi connectivity index (χ1n) is 7.34. The zero-order valence-electron chi connectivity index (χ0n) is 12.3. The van der Waals surface area contributed by atoms with Crippen LogP contribution in [0.2, 0.25) is 0 Å². The number of carboxylic acids is 1. The van der Waals surface area contributed by atoms with Crippen LogP contribution in [0.15, 0.2) is 23.1 Å². The molecular weight excluding hydrogens is 286 g/mol. The molecule has 0 atom stereocenters. The van der Waals surface area contributed by atoms with Crippen LogP contribution in [0.4, 0.5) is 0 Å². The highest BCUT2D eigenvalue weighted by molar-refractivity contribution is 8.00. The molecule has 4 nitrogen and oxygen atoms in total. The van der Waals surface area contributed by atoms with Gasteiger partial charge >= 0.3 is 5.97 Å². The molecule has 0 aliphatic heterocycles. The maximum atomic E-state index is 12.1. The lowest BCUT2D eigenvalue weighted by atomic mass is 10.1. The van der Waals surface area contributed by atoms with Crippen LogP contribution < -0.4 is 0 Å². The summed E-state index contributed by atoms with van der Waals surface area (Å²) in [5.41, 5.74) is 2.84. The molecule has 0 unspecified atom stereocenters. The third-order valence-electron chi connectivity index (χ3n) is 3.76. The van der Waals surface area contributed by atoms with E-state index in [2.05, 4.69) is 18.2 Å². The van der Waals surface area contributed by atoms with Gasteiger partial charge in [-0.05, 0) is 49.4 Å². The standard InChI is InChI=1S/C16H21NO3S/c1-2-17(9-8-16(19)20)15(18)11-21-14-7-6-12-4-3-5-13(12)10-14/h6-7,10H,2-5,8-9,11H2,1H3,(H,19,20). The molecule has 5 heteroatoms. The number of aryl methyl sites for hydroxylation is 2. The molecule has 0 fully saturated rings. The van der Waals surface area contributed by atoms with E-state index < -0.39 is 5.97 Å². The summed E-state index contributed by atoms with van der Waals surface area (Å²) in [6, 6.07) is 6.43. The second-order valence-electron chi connectivity index (χ2n) is 5.19. The number of thioether (sulfide) groups is 1. The lowest BCUT2D eigenvalue weighted by Gasteiger charge is -2.19. The Bertz CT molecular complexity index is 530. The maximum absolute atomic E-state index is 12.1. The predicted octanol–water partition coefficient (Wildman–Crippen LogP) is 2.59. The number of amides is 1. The van der Waals surface area contributed by atoms with Crippen LogP contribution in [0, 0.1) is 0 Å². The molecule has 0 saturated heterocycles. The summed E-state index contributed by atoms with van der Waals surface area (Å²) in [7, 11) is 0. The first-order chi connectivity index (χ1) is 10.1. The van der Waals surface area contributed by atoms with E-state index in [1.807, 2.05) is 6.92 Å². The Morgan fingerprint density at radius 2 is 2.05 bits per heavy atom. The number of carbonyl (C=O) groups is 2. The average molecular weight is 307 g/mol. The monoisotopic (exact) mass is 307 g/mol. The number of carboxylic acid groups (broad SMARTS) is 1. The van der Waals surface area contributed by atoms with Crippen molar-refractivity contribution in [2.24, 2.45) is 0 Å². The van der Waals surface area contributed by atoms with Crippen molar-refractivity contribution < 1.29 is 14.7 Å². The number of carbonyl (C=O) groups excluding carboxylic acids is 1. The van der Waals surface area contributed by atoms with Crippen LogP contribution in [0.3, 0.4) is 0 Å². The van der Waals surface area contributed by atoms with E-state index >= 15 is 0 Å². The smallest absolute Gasteiger partial charge is 0.305 e. The Labute approximate surface area is 129 Å². The van der Waals surface area contributed by atoms with Crippen molar-refractivity contribution in [3.63, 3.8) is 0 Å². The SMILES string of the molecule is CCN(CCC(=O)O)C(=O)CSc1ccc2c(c1)CCC2. The van der Waals surface area contributed by atoms with Gasteiger partial charge in [-0.3, -0.25) is 9.59 Å². The Morgan fingerprint density at radius 3 is 2.76 bits per heavy atom. The molecule has 0 bridgehead atoms. The van der Waals surface area contributed by atoms with Gasteiger partial charge < -0.3 is 10.0 Å². The summed E-state index contributed by atoms with van der Waals surface area (Å²) in [6.45, 7) is 2.71. The molecule has 1 N–H and O–H groups in total. The molecule has 0 radical (unpaired) electrons. The summed E-state index contributed by atoms with van der Waals surface area (Å²) in [5, 5.41) is 8.69.